The van der Waals surface area contributed by atoms with Crippen molar-refractivity contribution in [2.24, 2.45) is 0 Å². The maximum atomic E-state index is 13.5. The fraction of sp³-hybridized carbons (Fsp3) is 0. The Kier molecular flexibility index (Phi) is 4.57. The molecule has 0 fully saturated rings. The Morgan fingerprint density at radius 1 is 1.14 bits per heavy atom. The zero-order chi connectivity index (χ0) is 16.1. The smallest absolute Gasteiger partial charge is 0.271 e. The number of nitro groups is 1. The Hall–Kier alpha value is -3.09. The van der Waals surface area contributed by atoms with E-state index in [9.17, 15) is 23.7 Å². The monoisotopic (exact) mass is 304 g/mol. The number of non-ortho nitro benzene ring substituents is 1. The molecule has 0 aliphatic heterocycles. The van der Waals surface area contributed by atoms with Crippen LogP contribution in [0.1, 0.15) is 5.56 Å². The topological polar surface area (TPSA) is 72.2 Å². The Labute approximate surface area is 124 Å². The molecule has 1 amide bonds. The molecular weight excluding hydrogens is 294 g/mol. The van der Waals surface area contributed by atoms with Crippen molar-refractivity contribution in [3.63, 3.8) is 0 Å². The van der Waals surface area contributed by atoms with E-state index < -0.39 is 22.5 Å². The average molecular weight is 304 g/mol. The van der Waals surface area contributed by atoms with Crippen LogP contribution in [-0.2, 0) is 4.79 Å². The molecule has 0 saturated heterocycles. The number of rotatable bonds is 4. The number of anilines is 1. The molecule has 0 unspecified atom stereocenters. The first-order valence-electron chi connectivity index (χ1n) is 6.14. The van der Waals surface area contributed by atoms with E-state index in [4.69, 9.17) is 0 Å². The molecule has 0 aliphatic carbocycles. The zero-order valence-corrected chi connectivity index (χ0v) is 11.1. The third-order valence-electron chi connectivity index (χ3n) is 2.72. The highest BCUT2D eigenvalue weighted by atomic mass is 19.1. The summed E-state index contributed by atoms with van der Waals surface area (Å²) < 4.78 is 26.2. The normalized spacial score (nSPS) is 10.6. The van der Waals surface area contributed by atoms with E-state index in [1.807, 2.05) is 0 Å². The SMILES string of the molecule is O=C(/C=C/c1ccc(F)cc1)Nc1cc([N+](=O)[O-])ccc1F. The Morgan fingerprint density at radius 3 is 2.45 bits per heavy atom. The van der Waals surface area contributed by atoms with E-state index in [0.29, 0.717) is 5.56 Å². The van der Waals surface area contributed by atoms with Gasteiger partial charge in [-0.3, -0.25) is 14.9 Å². The minimum Gasteiger partial charge on any atom is -0.320 e. The second-order valence-electron chi connectivity index (χ2n) is 4.30. The van der Waals surface area contributed by atoms with Gasteiger partial charge >= 0.3 is 0 Å². The molecule has 2 aromatic rings. The van der Waals surface area contributed by atoms with Gasteiger partial charge in [0.15, 0.2) is 0 Å². The van der Waals surface area contributed by atoms with E-state index in [2.05, 4.69) is 5.32 Å². The summed E-state index contributed by atoms with van der Waals surface area (Å²) >= 11 is 0. The van der Waals surface area contributed by atoms with Crippen molar-refractivity contribution in [1.29, 1.82) is 0 Å². The summed E-state index contributed by atoms with van der Waals surface area (Å²) in [6.07, 6.45) is 2.52. The van der Waals surface area contributed by atoms with Crippen LogP contribution in [0.2, 0.25) is 0 Å². The third-order valence-corrected chi connectivity index (χ3v) is 2.72. The van der Waals surface area contributed by atoms with Gasteiger partial charge in [-0.05, 0) is 29.8 Å². The second kappa shape index (κ2) is 6.57. The molecule has 2 rings (SSSR count). The summed E-state index contributed by atoms with van der Waals surface area (Å²) in [5.74, 6) is -1.85. The molecule has 1 N–H and O–H groups in total. The maximum absolute atomic E-state index is 13.5. The van der Waals surface area contributed by atoms with E-state index in [0.717, 1.165) is 24.3 Å². The third kappa shape index (κ3) is 3.95. The van der Waals surface area contributed by atoms with E-state index in [1.165, 1.54) is 30.3 Å². The number of benzene rings is 2. The highest BCUT2D eigenvalue weighted by molar-refractivity contribution is 6.02. The number of carbonyl (C=O) groups excluding carboxylic acids is 1. The molecule has 0 radical (unpaired) electrons. The van der Waals surface area contributed by atoms with E-state index in [-0.39, 0.29) is 11.4 Å². The molecule has 0 heterocycles. The summed E-state index contributed by atoms with van der Waals surface area (Å²) in [5, 5.41) is 12.8. The van der Waals surface area contributed by atoms with Crippen molar-refractivity contribution in [2.75, 3.05) is 5.32 Å². The number of amides is 1. The van der Waals surface area contributed by atoms with Gasteiger partial charge in [-0.2, -0.15) is 0 Å². The lowest BCUT2D eigenvalue weighted by Gasteiger charge is -2.03. The fourth-order valence-electron chi connectivity index (χ4n) is 1.64. The molecule has 0 atom stereocenters. The van der Waals surface area contributed by atoms with Gasteiger partial charge in [-0.25, -0.2) is 8.78 Å². The van der Waals surface area contributed by atoms with Crippen molar-refractivity contribution >= 4 is 23.4 Å². The largest absolute Gasteiger partial charge is 0.320 e. The lowest BCUT2D eigenvalue weighted by Crippen LogP contribution is -2.09. The molecular formula is C15H10F2N2O3. The number of carbonyl (C=O) groups is 1. The maximum Gasteiger partial charge on any atom is 0.271 e. The van der Waals surface area contributed by atoms with Crippen LogP contribution in [0.15, 0.2) is 48.5 Å². The predicted molar refractivity (Wildman–Crippen MR) is 77.1 cm³/mol. The van der Waals surface area contributed by atoms with Crippen LogP contribution in [0.5, 0.6) is 0 Å². The van der Waals surface area contributed by atoms with Crippen LogP contribution in [0.25, 0.3) is 6.08 Å². The van der Waals surface area contributed by atoms with Crippen LogP contribution in [0.3, 0.4) is 0 Å². The highest BCUT2D eigenvalue weighted by Crippen LogP contribution is 2.21. The fourth-order valence-corrected chi connectivity index (χ4v) is 1.64. The van der Waals surface area contributed by atoms with Gasteiger partial charge in [0.2, 0.25) is 5.91 Å². The molecule has 0 aliphatic rings. The minimum absolute atomic E-state index is 0.289. The van der Waals surface area contributed by atoms with Crippen molar-refractivity contribution in [1.82, 2.24) is 0 Å². The molecule has 22 heavy (non-hydrogen) atoms. The first-order chi connectivity index (χ1) is 10.5. The Bertz CT molecular complexity index is 743. The molecule has 112 valence electrons. The van der Waals surface area contributed by atoms with Crippen LogP contribution in [0, 0.1) is 21.7 Å². The molecule has 7 heteroatoms. The lowest BCUT2D eigenvalue weighted by atomic mass is 10.2. The Balaban J connectivity index is 2.10. The summed E-state index contributed by atoms with van der Waals surface area (Å²) in [7, 11) is 0. The summed E-state index contributed by atoms with van der Waals surface area (Å²) in [4.78, 5) is 21.6. The molecule has 5 nitrogen and oxygen atoms in total. The quantitative estimate of drug-likeness (QED) is 0.533. The molecule has 0 aromatic heterocycles. The van der Waals surface area contributed by atoms with Crippen LogP contribution >= 0.6 is 0 Å². The van der Waals surface area contributed by atoms with Crippen molar-refractivity contribution in [3.05, 3.63) is 75.9 Å². The van der Waals surface area contributed by atoms with Crippen LogP contribution in [-0.4, -0.2) is 10.8 Å². The summed E-state index contributed by atoms with van der Waals surface area (Å²) in [5.41, 5.74) is -0.0433. The number of hydrogen-bond donors (Lipinski definition) is 1. The first kappa shape index (κ1) is 15.3. The number of nitro benzene ring substituents is 1. The van der Waals surface area contributed by atoms with Crippen LogP contribution in [0.4, 0.5) is 20.2 Å². The van der Waals surface area contributed by atoms with E-state index in [1.54, 1.807) is 0 Å². The number of hydrogen-bond acceptors (Lipinski definition) is 3. The van der Waals surface area contributed by atoms with Gasteiger partial charge in [0.05, 0.1) is 10.6 Å². The highest BCUT2D eigenvalue weighted by Gasteiger charge is 2.11. The average Bonchev–Trinajstić information content (AvgIpc) is 2.48. The summed E-state index contributed by atoms with van der Waals surface area (Å²) in [6.45, 7) is 0. The lowest BCUT2D eigenvalue weighted by molar-refractivity contribution is -0.384. The minimum atomic E-state index is -0.783. The Morgan fingerprint density at radius 2 is 1.82 bits per heavy atom. The molecule has 0 bridgehead atoms. The number of nitrogens with zero attached hydrogens (tertiary/aromatic N) is 1. The molecule has 2 aromatic carbocycles. The van der Waals surface area contributed by atoms with Gasteiger partial charge in [0.25, 0.3) is 5.69 Å². The molecule has 0 spiro atoms. The predicted octanol–water partition coefficient (Wildman–Crippen LogP) is 3.52. The van der Waals surface area contributed by atoms with Crippen LogP contribution < -0.4 is 5.32 Å². The van der Waals surface area contributed by atoms with Gasteiger partial charge in [-0.1, -0.05) is 12.1 Å². The van der Waals surface area contributed by atoms with Gasteiger partial charge in [-0.15, -0.1) is 0 Å². The molecule has 0 saturated carbocycles. The van der Waals surface area contributed by atoms with Crippen molar-refractivity contribution < 1.29 is 18.5 Å². The van der Waals surface area contributed by atoms with Crippen molar-refractivity contribution in [2.45, 2.75) is 0 Å². The van der Waals surface area contributed by atoms with Gasteiger partial charge < -0.3 is 5.32 Å². The van der Waals surface area contributed by atoms with E-state index >= 15 is 0 Å². The number of nitrogens with one attached hydrogen (secondary N) is 1. The zero-order valence-electron chi connectivity index (χ0n) is 11.1. The van der Waals surface area contributed by atoms with Gasteiger partial charge in [0, 0.05) is 18.2 Å². The number of halogens is 2. The summed E-state index contributed by atoms with van der Waals surface area (Å²) in [6, 6.07) is 8.23. The first-order valence-corrected chi connectivity index (χ1v) is 6.14. The van der Waals surface area contributed by atoms with Gasteiger partial charge in [0.1, 0.15) is 11.6 Å². The standard InChI is InChI=1S/C15H10F2N2O3/c16-11-4-1-10(2-5-11)3-8-15(20)18-14-9-12(19(21)22)6-7-13(14)17/h1-9H,(H,18,20)/b8-3+. The van der Waals surface area contributed by atoms with Crippen molar-refractivity contribution in [3.8, 4) is 0 Å². The second-order valence-corrected chi connectivity index (χ2v) is 4.30.